The smallest absolute Gasteiger partial charge is 0.227 e. The molecular formula is C29H34N2O3. The number of rotatable bonds is 9. The zero-order chi connectivity index (χ0) is 23.8. The maximum Gasteiger partial charge on any atom is 0.227 e. The van der Waals surface area contributed by atoms with Crippen LogP contribution in [0.2, 0.25) is 0 Å². The van der Waals surface area contributed by atoms with Crippen molar-refractivity contribution in [2.45, 2.75) is 32.5 Å². The van der Waals surface area contributed by atoms with Crippen molar-refractivity contribution in [3.05, 3.63) is 95.6 Å². The lowest BCUT2D eigenvalue weighted by Crippen LogP contribution is -2.43. The third-order valence-electron chi connectivity index (χ3n) is 6.36. The summed E-state index contributed by atoms with van der Waals surface area (Å²) < 4.78 is 11.6. The predicted octanol–water partition coefficient (Wildman–Crippen LogP) is 5.14. The van der Waals surface area contributed by atoms with E-state index in [2.05, 4.69) is 23.1 Å². The Bertz CT molecular complexity index is 1060. The van der Waals surface area contributed by atoms with Gasteiger partial charge in [0.1, 0.15) is 6.61 Å². The van der Waals surface area contributed by atoms with Crippen molar-refractivity contribution in [1.29, 1.82) is 0 Å². The normalized spacial score (nSPS) is 16.1. The molecule has 1 unspecified atom stereocenters. The Morgan fingerprint density at radius 3 is 2.35 bits per heavy atom. The number of nitrogens with zero attached hydrogens (tertiary/aromatic N) is 2. The van der Waals surface area contributed by atoms with E-state index in [1.807, 2.05) is 72.6 Å². The van der Waals surface area contributed by atoms with Crippen molar-refractivity contribution < 1.29 is 14.3 Å². The van der Waals surface area contributed by atoms with E-state index in [0.717, 1.165) is 60.7 Å². The molecule has 0 aromatic heterocycles. The molecule has 34 heavy (non-hydrogen) atoms. The van der Waals surface area contributed by atoms with Gasteiger partial charge in [-0.1, -0.05) is 66.7 Å². The number of carbonyl (C=O) groups excluding carboxylic acids is 1. The maximum atomic E-state index is 13.1. The van der Waals surface area contributed by atoms with Crippen molar-refractivity contribution in [3.63, 3.8) is 0 Å². The van der Waals surface area contributed by atoms with Gasteiger partial charge in [0.05, 0.1) is 13.0 Å². The molecule has 1 atom stereocenters. The van der Waals surface area contributed by atoms with Crippen LogP contribution in [0.25, 0.3) is 0 Å². The van der Waals surface area contributed by atoms with E-state index in [0.29, 0.717) is 13.2 Å². The lowest BCUT2D eigenvalue weighted by molar-refractivity contribution is -0.136. The summed E-state index contributed by atoms with van der Waals surface area (Å²) in [7, 11) is 3.58. The van der Waals surface area contributed by atoms with Gasteiger partial charge in [-0.2, -0.15) is 0 Å². The summed E-state index contributed by atoms with van der Waals surface area (Å²) in [6.07, 6.45) is 1.98. The number of methoxy groups -OCH3 is 1. The second-order valence-electron chi connectivity index (χ2n) is 9.01. The van der Waals surface area contributed by atoms with Crippen molar-refractivity contribution >= 4 is 5.91 Å². The highest BCUT2D eigenvalue weighted by atomic mass is 16.5. The highest BCUT2D eigenvalue weighted by Crippen LogP contribution is 2.30. The molecule has 178 valence electrons. The monoisotopic (exact) mass is 458 g/mol. The van der Waals surface area contributed by atoms with Gasteiger partial charge in [-0.15, -0.1) is 0 Å². The summed E-state index contributed by atoms with van der Waals surface area (Å²) in [5.41, 5.74) is 3.44. The van der Waals surface area contributed by atoms with E-state index in [9.17, 15) is 4.79 Å². The average Bonchev–Trinajstić information content (AvgIpc) is 2.88. The second-order valence-corrected chi connectivity index (χ2v) is 9.01. The Balaban J connectivity index is 1.34. The third-order valence-corrected chi connectivity index (χ3v) is 6.36. The fourth-order valence-corrected chi connectivity index (χ4v) is 4.57. The standard InChI is InChI=1S/C29H34N2O3/c1-30(19-23-10-5-3-6-11-23)29(32)26-14-9-17-31(21-26)20-25-15-16-27(28(18-25)33-2)34-22-24-12-7-4-8-13-24/h3-8,10-13,15-16,18,26H,9,14,17,19-22H2,1-2H3. The van der Waals surface area contributed by atoms with Gasteiger partial charge in [0.2, 0.25) is 5.91 Å². The molecule has 5 heteroatoms. The first kappa shape index (κ1) is 23.8. The molecule has 0 aliphatic carbocycles. The molecule has 4 rings (SSSR count). The van der Waals surface area contributed by atoms with E-state index >= 15 is 0 Å². The van der Waals surface area contributed by atoms with Crippen LogP contribution in [0.5, 0.6) is 11.5 Å². The molecule has 0 saturated carbocycles. The fourth-order valence-electron chi connectivity index (χ4n) is 4.57. The number of piperidine rings is 1. The van der Waals surface area contributed by atoms with Gasteiger partial charge < -0.3 is 14.4 Å². The lowest BCUT2D eigenvalue weighted by Gasteiger charge is -2.34. The van der Waals surface area contributed by atoms with E-state index in [-0.39, 0.29) is 11.8 Å². The van der Waals surface area contributed by atoms with Crippen LogP contribution in [0.15, 0.2) is 78.9 Å². The summed E-state index contributed by atoms with van der Waals surface area (Å²) in [5, 5.41) is 0. The SMILES string of the molecule is COc1cc(CN2CCCC(C(=O)N(C)Cc3ccccc3)C2)ccc1OCc1ccccc1. The Kier molecular flexibility index (Phi) is 8.21. The molecule has 3 aromatic carbocycles. The molecule has 5 nitrogen and oxygen atoms in total. The summed E-state index contributed by atoms with van der Waals surface area (Å²) in [6, 6.07) is 26.4. The number of likely N-dealkylation sites (tertiary alicyclic amines) is 1. The van der Waals surface area contributed by atoms with E-state index in [1.54, 1.807) is 7.11 Å². The average molecular weight is 459 g/mol. The Morgan fingerprint density at radius 1 is 0.941 bits per heavy atom. The van der Waals surface area contributed by atoms with Crippen LogP contribution in [0, 0.1) is 5.92 Å². The minimum Gasteiger partial charge on any atom is -0.493 e. The number of hydrogen-bond donors (Lipinski definition) is 0. The highest BCUT2D eigenvalue weighted by Gasteiger charge is 2.28. The van der Waals surface area contributed by atoms with Gasteiger partial charge in [0.15, 0.2) is 11.5 Å². The number of amides is 1. The van der Waals surface area contributed by atoms with Crippen LogP contribution in [0.3, 0.4) is 0 Å². The van der Waals surface area contributed by atoms with Crippen LogP contribution in [-0.4, -0.2) is 43.0 Å². The quantitative estimate of drug-likeness (QED) is 0.445. The molecule has 1 aliphatic rings. The summed E-state index contributed by atoms with van der Waals surface area (Å²) >= 11 is 0. The largest absolute Gasteiger partial charge is 0.493 e. The molecule has 3 aromatic rings. The second kappa shape index (κ2) is 11.7. The Hall–Kier alpha value is -3.31. The van der Waals surface area contributed by atoms with Gasteiger partial charge in [-0.3, -0.25) is 9.69 Å². The third kappa shape index (κ3) is 6.39. The maximum absolute atomic E-state index is 13.1. The predicted molar refractivity (Wildman–Crippen MR) is 135 cm³/mol. The van der Waals surface area contributed by atoms with Gasteiger partial charge in [0.25, 0.3) is 0 Å². The van der Waals surface area contributed by atoms with Gasteiger partial charge in [0, 0.05) is 26.7 Å². The minimum absolute atomic E-state index is 0.0397. The summed E-state index contributed by atoms with van der Waals surface area (Å²) in [4.78, 5) is 17.3. The van der Waals surface area contributed by atoms with E-state index in [1.165, 1.54) is 0 Å². The molecule has 0 bridgehead atoms. The van der Waals surface area contributed by atoms with Crippen molar-refractivity contribution in [3.8, 4) is 11.5 Å². The Labute approximate surface area is 202 Å². The minimum atomic E-state index is 0.0397. The van der Waals surface area contributed by atoms with Crippen LogP contribution in [-0.2, 0) is 24.5 Å². The van der Waals surface area contributed by atoms with Crippen LogP contribution >= 0.6 is 0 Å². The fraction of sp³-hybridized carbons (Fsp3) is 0.345. The van der Waals surface area contributed by atoms with Crippen LogP contribution in [0.4, 0.5) is 0 Å². The van der Waals surface area contributed by atoms with Crippen molar-refractivity contribution in [2.24, 2.45) is 5.92 Å². The molecular weight excluding hydrogens is 424 g/mol. The van der Waals surface area contributed by atoms with E-state index < -0.39 is 0 Å². The number of hydrogen-bond acceptors (Lipinski definition) is 4. The molecule has 0 radical (unpaired) electrons. The molecule has 1 fully saturated rings. The van der Waals surface area contributed by atoms with Gasteiger partial charge in [-0.05, 0) is 48.2 Å². The zero-order valence-electron chi connectivity index (χ0n) is 20.2. The number of ether oxygens (including phenoxy) is 2. The van der Waals surface area contributed by atoms with Crippen LogP contribution < -0.4 is 9.47 Å². The van der Waals surface area contributed by atoms with E-state index in [4.69, 9.17) is 9.47 Å². The lowest BCUT2D eigenvalue weighted by atomic mass is 9.96. The Morgan fingerprint density at radius 2 is 1.65 bits per heavy atom. The van der Waals surface area contributed by atoms with Gasteiger partial charge >= 0.3 is 0 Å². The number of benzene rings is 3. The topological polar surface area (TPSA) is 42.0 Å². The zero-order valence-corrected chi connectivity index (χ0v) is 20.2. The number of carbonyl (C=O) groups is 1. The van der Waals surface area contributed by atoms with Gasteiger partial charge in [-0.25, -0.2) is 0 Å². The molecule has 0 N–H and O–H groups in total. The summed E-state index contributed by atoms with van der Waals surface area (Å²) in [6.45, 7) is 3.73. The molecule has 1 saturated heterocycles. The molecule has 0 spiro atoms. The molecule has 1 aliphatic heterocycles. The van der Waals surface area contributed by atoms with Crippen molar-refractivity contribution in [2.75, 3.05) is 27.2 Å². The highest BCUT2D eigenvalue weighted by molar-refractivity contribution is 5.79. The van der Waals surface area contributed by atoms with Crippen molar-refractivity contribution in [1.82, 2.24) is 9.80 Å². The molecule has 1 heterocycles. The summed E-state index contributed by atoms with van der Waals surface area (Å²) in [5.74, 6) is 1.75. The van der Waals surface area contributed by atoms with Crippen LogP contribution in [0.1, 0.15) is 29.5 Å². The first-order chi connectivity index (χ1) is 16.6. The first-order valence-corrected chi connectivity index (χ1v) is 12.0. The first-order valence-electron chi connectivity index (χ1n) is 12.0. The molecule has 1 amide bonds.